The van der Waals surface area contributed by atoms with Crippen LogP contribution in [0.4, 0.5) is 0 Å². The van der Waals surface area contributed by atoms with Gasteiger partial charge in [-0.2, -0.15) is 5.10 Å². The molecule has 0 amide bonds. The van der Waals surface area contributed by atoms with E-state index in [1.54, 1.807) is 0 Å². The van der Waals surface area contributed by atoms with E-state index in [0.717, 1.165) is 30.6 Å². The van der Waals surface area contributed by atoms with Crippen molar-refractivity contribution in [2.45, 2.75) is 45.4 Å². The summed E-state index contributed by atoms with van der Waals surface area (Å²) >= 11 is 1.89. The van der Waals surface area contributed by atoms with E-state index in [-0.39, 0.29) is 0 Å². The number of aliphatic imine (C=N–C) groups is 1. The van der Waals surface area contributed by atoms with E-state index in [4.69, 9.17) is 0 Å². The fraction of sp³-hybridized carbons (Fsp3) is 0.714. The molecule has 0 bridgehead atoms. The lowest BCUT2D eigenvalue weighted by Crippen LogP contribution is -2.19. The molecule has 1 aliphatic rings. The van der Waals surface area contributed by atoms with Crippen molar-refractivity contribution in [3.8, 4) is 0 Å². The Morgan fingerprint density at radius 1 is 1.53 bits per heavy atom. The molecule has 2 rings (SSSR count). The fourth-order valence-corrected chi connectivity index (χ4v) is 3.61. The molecule has 1 aliphatic heterocycles. The van der Waals surface area contributed by atoms with Crippen LogP contribution < -0.4 is 5.32 Å². The van der Waals surface area contributed by atoms with Gasteiger partial charge >= 0.3 is 0 Å². The Hall–Kier alpha value is -0.970. The van der Waals surface area contributed by atoms with Crippen LogP contribution >= 0.6 is 11.8 Å². The Morgan fingerprint density at radius 3 is 3.00 bits per heavy atom. The standard InChI is InChI=1S/C14H24N4S/c1-5-13-11(9-18(4)17-13)7-15-14-16-8-12(19-14)6-10(2)3/h9-10,12H,5-8H2,1-4H3,(H,15,16). The number of nitrogens with zero attached hydrogens (tertiary/aromatic N) is 3. The van der Waals surface area contributed by atoms with Crippen LogP contribution in [0.2, 0.25) is 0 Å². The summed E-state index contributed by atoms with van der Waals surface area (Å²) in [7, 11) is 1.98. The highest BCUT2D eigenvalue weighted by molar-refractivity contribution is 8.14. The summed E-state index contributed by atoms with van der Waals surface area (Å²) in [6.45, 7) is 8.48. The first-order chi connectivity index (χ1) is 9.08. The highest BCUT2D eigenvalue weighted by Gasteiger charge is 2.20. The molecule has 106 valence electrons. The maximum Gasteiger partial charge on any atom is 0.157 e. The molecular formula is C14H24N4S. The maximum absolute atomic E-state index is 4.59. The van der Waals surface area contributed by atoms with Crippen molar-refractivity contribution in [3.05, 3.63) is 17.5 Å². The number of rotatable bonds is 5. The molecule has 4 nitrogen and oxygen atoms in total. The number of thioether (sulfide) groups is 1. The monoisotopic (exact) mass is 280 g/mol. The molecule has 0 radical (unpaired) electrons. The van der Waals surface area contributed by atoms with Crippen molar-refractivity contribution in [1.29, 1.82) is 0 Å². The van der Waals surface area contributed by atoms with Gasteiger partial charge in [-0.25, -0.2) is 0 Å². The van der Waals surface area contributed by atoms with Crippen LogP contribution in [0.5, 0.6) is 0 Å². The van der Waals surface area contributed by atoms with Gasteiger partial charge in [-0.05, 0) is 18.8 Å². The molecule has 0 saturated heterocycles. The molecule has 0 spiro atoms. The number of aryl methyl sites for hydroxylation is 2. The van der Waals surface area contributed by atoms with Gasteiger partial charge in [-0.3, -0.25) is 9.67 Å². The van der Waals surface area contributed by atoms with Crippen molar-refractivity contribution in [1.82, 2.24) is 15.1 Å². The van der Waals surface area contributed by atoms with Crippen LogP contribution in [-0.4, -0.2) is 26.7 Å². The third-order valence-electron chi connectivity index (χ3n) is 3.21. The summed E-state index contributed by atoms with van der Waals surface area (Å²) in [5, 5.41) is 9.66. The van der Waals surface area contributed by atoms with Crippen LogP contribution in [0.15, 0.2) is 11.2 Å². The van der Waals surface area contributed by atoms with Crippen molar-refractivity contribution >= 4 is 16.9 Å². The Balaban J connectivity index is 1.83. The van der Waals surface area contributed by atoms with Gasteiger partial charge in [-0.1, -0.05) is 32.5 Å². The molecule has 1 unspecified atom stereocenters. The second-order valence-corrected chi connectivity index (χ2v) is 6.79. The highest BCUT2D eigenvalue weighted by Crippen LogP contribution is 2.25. The SMILES string of the molecule is CCc1nn(C)cc1CNC1=NCC(CC(C)C)S1. The van der Waals surface area contributed by atoms with Gasteiger partial charge in [0.1, 0.15) is 0 Å². The summed E-state index contributed by atoms with van der Waals surface area (Å²) in [6.07, 6.45) is 4.32. The van der Waals surface area contributed by atoms with Crippen molar-refractivity contribution in [2.75, 3.05) is 6.54 Å². The Bertz CT molecular complexity index is 450. The topological polar surface area (TPSA) is 42.2 Å². The lowest BCUT2D eigenvalue weighted by atomic mass is 10.1. The average Bonchev–Trinajstić information content (AvgIpc) is 2.92. The second-order valence-electron chi connectivity index (χ2n) is 5.50. The Morgan fingerprint density at radius 2 is 2.32 bits per heavy atom. The predicted molar refractivity (Wildman–Crippen MR) is 82.6 cm³/mol. The minimum Gasteiger partial charge on any atom is -0.361 e. The molecule has 0 aromatic carbocycles. The molecule has 19 heavy (non-hydrogen) atoms. The minimum atomic E-state index is 0.655. The van der Waals surface area contributed by atoms with Gasteiger partial charge in [0.15, 0.2) is 5.17 Å². The molecule has 1 atom stereocenters. The fourth-order valence-electron chi connectivity index (χ4n) is 2.36. The zero-order valence-electron chi connectivity index (χ0n) is 12.3. The van der Waals surface area contributed by atoms with E-state index < -0.39 is 0 Å². The molecule has 1 aromatic heterocycles. The lowest BCUT2D eigenvalue weighted by molar-refractivity contribution is 0.575. The smallest absolute Gasteiger partial charge is 0.157 e. The average molecular weight is 280 g/mol. The first kappa shape index (κ1) is 14.4. The summed E-state index contributed by atoms with van der Waals surface area (Å²) < 4.78 is 1.89. The van der Waals surface area contributed by atoms with E-state index in [1.165, 1.54) is 17.7 Å². The Kier molecular flexibility index (Phi) is 4.91. The number of amidine groups is 1. The van der Waals surface area contributed by atoms with E-state index in [1.807, 2.05) is 23.5 Å². The van der Waals surface area contributed by atoms with Gasteiger partial charge < -0.3 is 5.32 Å². The zero-order chi connectivity index (χ0) is 13.8. The van der Waals surface area contributed by atoms with Crippen molar-refractivity contribution in [3.63, 3.8) is 0 Å². The van der Waals surface area contributed by atoms with Crippen LogP contribution in [0.1, 0.15) is 38.4 Å². The molecule has 1 N–H and O–H groups in total. The number of nitrogens with one attached hydrogen (secondary N) is 1. The van der Waals surface area contributed by atoms with Crippen LogP contribution in [-0.2, 0) is 20.0 Å². The molecule has 5 heteroatoms. The maximum atomic E-state index is 4.59. The first-order valence-electron chi connectivity index (χ1n) is 7.04. The number of aromatic nitrogens is 2. The summed E-state index contributed by atoms with van der Waals surface area (Å²) in [6, 6.07) is 0. The molecule has 0 aliphatic carbocycles. The summed E-state index contributed by atoms with van der Waals surface area (Å²) in [5.74, 6) is 0.747. The van der Waals surface area contributed by atoms with Gasteiger partial charge in [0.2, 0.25) is 0 Å². The highest BCUT2D eigenvalue weighted by atomic mass is 32.2. The third-order valence-corrected chi connectivity index (χ3v) is 4.38. The minimum absolute atomic E-state index is 0.655. The van der Waals surface area contributed by atoms with Gasteiger partial charge in [0, 0.05) is 30.6 Å². The largest absolute Gasteiger partial charge is 0.361 e. The molecule has 1 aromatic rings. The van der Waals surface area contributed by atoms with Gasteiger partial charge in [0.25, 0.3) is 0 Å². The second kappa shape index (κ2) is 6.46. The normalized spacial score (nSPS) is 19.0. The van der Waals surface area contributed by atoms with Crippen molar-refractivity contribution in [2.24, 2.45) is 18.0 Å². The quantitative estimate of drug-likeness (QED) is 0.901. The molecule has 2 heterocycles. The first-order valence-corrected chi connectivity index (χ1v) is 7.92. The third kappa shape index (κ3) is 4.00. The summed E-state index contributed by atoms with van der Waals surface area (Å²) in [5.41, 5.74) is 2.46. The lowest BCUT2D eigenvalue weighted by Gasteiger charge is -2.11. The van der Waals surface area contributed by atoms with E-state index in [2.05, 4.69) is 42.4 Å². The van der Waals surface area contributed by atoms with E-state index in [0.29, 0.717) is 5.25 Å². The molecule has 0 fully saturated rings. The van der Waals surface area contributed by atoms with Crippen LogP contribution in [0.25, 0.3) is 0 Å². The van der Waals surface area contributed by atoms with Crippen molar-refractivity contribution < 1.29 is 0 Å². The van der Waals surface area contributed by atoms with E-state index in [9.17, 15) is 0 Å². The van der Waals surface area contributed by atoms with Gasteiger partial charge in [0.05, 0.1) is 12.2 Å². The number of hydrogen-bond donors (Lipinski definition) is 1. The molecule has 0 saturated carbocycles. The summed E-state index contributed by atoms with van der Waals surface area (Å²) in [4.78, 5) is 4.59. The Labute approximate surface area is 120 Å². The van der Waals surface area contributed by atoms with Gasteiger partial charge in [-0.15, -0.1) is 0 Å². The predicted octanol–water partition coefficient (Wildman–Crippen LogP) is 2.59. The van der Waals surface area contributed by atoms with Crippen LogP contribution in [0.3, 0.4) is 0 Å². The van der Waals surface area contributed by atoms with E-state index >= 15 is 0 Å². The number of hydrogen-bond acceptors (Lipinski definition) is 4. The van der Waals surface area contributed by atoms with Crippen LogP contribution in [0, 0.1) is 5.92 Å². The zero-order valence-corrected chi connectivity index (χ0v) is 13.1. The molecular weight excluding hydrogens is 256 g/mol.